The van der Waals surface area contributed by atoms with Crippen LogP contribution in [0, 0.1) is 18.3 Å². The zero-order chi connectivity index (χ0) is 16.7. The number of ether oxygens (including phenoxy) is 1. The molecule has 0 atom stereocenters. The fourth-order valence-electron chi connectivity index (χ4n) is 2.32. The third-order valence-electron chi connectivity index (χ3n) is 4.43. The Kier molecular flexibility index (Phi) is 4.07. The summed E-state index contributed by atoms with van der Waals surface area (Å²) < 4.78 is 16.7. The highest BCUT2D eigenvalue weighted by atomic mass is 16.7. The predicted molar refractivity (Wildman–Crippen MR) is 82.9 cm³/mol. The van der Waals surface area contributed by atoms with Gasteiger partial charge >= 0.3 is 13.1 Å². The van der Waals surface area contributed by atoms with E-state index in [0.717, 1.165) is 0 Å². The average molecular weight is 301 g/mol. The van der Waals surface area contributed by atoms with Crippen molar-refractivity contribution in [2.75, 3.05) is 7.11 Å². The van der Waals surface area contributed by atoms with Crippen LogP contribution >= 0.6 is 0 Å². The van der Waals surface area contributed by atoms with E-state index in [9.17, 15) is 10.1 Å². The molecule has 1 saturated heterocycles. The minimum atomic E-state index is -0.691. The highest BCUT2D eigenvalue weighted by molar-refractivity contribution is 6.63. The normalized spacial score (nSPS) is 18.9. The number of carbonyl (C=O) groups is 1. The Morgan fingerprint density at radius 2 is 1.77 bits per heavy atom. The topological polar surface area (TPSA) is 68.6 Å². The van der Waals surface area contributed by atoms with Crippen LogP contribution in [0.4, 0.5) is 0 Å². The van der Waals surface area contributed by atoms with Crippen molar-refractivity contribution in [3.63, 3.8) is 0 Å². The lowest BCUT2D eigenvalue weighted by Crippen LogP contribution is -2.41. The molecule has 1 aromatic carbocycles. The molecule has 0 bridgehead atoms. The second-order valence-electron chi connectivity index (χ2n) is 6.45. The Morgan fingerprint density at radius 1 is 1.23 bits per heavy atom. The van der Waals surface area contributed by atoms with Crippen molar-refractivity contribution in [3.8, 4) is 6.07 Å². The molecule has 1 fully saturated rings. The summed E-state index contributed by atoms with van der Waals surface area (Å²) in [6.07, 6.45) is 0. The van der Waals surface area contributed by atoms with E-state index in [4.69, 9.17) is 14.0 Å². The number of hydrogen-bond acceptors (Lipinski definition) is 5. The monoisotopic (exact) mass is 301 g/mol. The number of nitriles is 1. The molecule has 0 aliphatic carbocycles. The third kappa shape index (κ3) is 2.62. The van der Waals surface area contributed by atoms with E-state index in [-0.39, 0.29) is 0 Å². The van der Waals surface area contributed by atoms with Crippen molar-refractivity contribution in [1.29, 1.82) is 5.26 Å². The fourth-order valence-corrected chi connectivity index (χ4v) is 2.32. The molecule has 2 rings (SSSR count). The molecule has 22 heavy (non-hydrogen) atoms. The van der Waals surface area contributed by atoms with E-state index in [0.29, 0.717) is 22.2 Å². The minimum absolute atomic E-state index is 0.409. The van der Waals surface area contributed by atoms with E-state index in [1.807, 2.05) is 27.7 Å². The summed E-state index contributed by atoms with van der Waals surface area (Å²) in [7, 11) is 0.637. The first kappa shape index (κ1) is 16.5. The molecule has 1 heterocycles. The van der Waals surface area contributed by atoms with Crippen molar-refractivity contribution in [3.05, 3.63) is 28.8 Å². The summed E-state index contributed by atoms with van der Waals surface area (Å²) in [5.41, 5.74) is 1.05. The first-order valence-electron chi connectivity index (χ1n) is 7.11. The second kappa shape index (κ2) is 5.42. The quantitative estimate of drug-likeness (QED) is 0.617. The molecule has 1 aliphatic rings. The molecule has 0 aromatic heterocycles. The Bertz CT molecular complexity index is 645. The van der Waals surface area contributed by atoms with Crippen LogP contribution in [-0.2, 0) is 14.0 Å². The number of aryl methyl sites for hydroxylation is 1. The lowest BCUT2D eigenvalue weighted by molar-refractivity contribution is 0.00578. The van der Waals surface area contributed by atoms with Crippen LogP contribution in [0.1, 0.15) is 49.2 Å². The molecule has 0 amide bonds. The molecule has 0 radical (unpaired) electrons. The van der Waals surface area contributed by atoms with Crippen molar-refractivity contribution in [2.24, 2.45) is 0 Å². The van der Waals surface area contributed by atoms with Crippen LogP contribution in [0.25, 0.3) is 0 Å². The van der Waals surface area contributed by atoms with Gasteiger partial charge in [0.25, 0.3) is 0 Å². The highest BCUT2D eigenvalue weighted by Crippen LogP contribution is 2.36. The van der Waals surface area contributed by atoms with Crippen LogP contribution in [0.2, 0.25) is 0 Å². The van der Waals surface area contributed by atoms with E-state index in [1.165, 1.54) is 7.11 Å². The van der Waals surface area contributed by atoms with Crippen molar-refractivity contribution >= 4 is 18.6 Å². The maximum atomic E-state index is 11.9. The first-order chi connectivity index (χ1) is 10.1. The number of nitrogens with zero attached hydrogens (tertiary/aromatic N) is 1. The molecular weight excluding hydrogens is 281 g/mol. The van der Waals surface area contributed by atoms with Gasteiger partial charge in [-0.25, -0.2) is 4.79 Å². The standard InChI is InChI=1S/C16H20BNO4/c1-10-7-11(9-18)13(8-12(10)14(19)20-6)17-21-15(2,3)16(4,5)22-17/h7-8H,1-6H3. The molecule has 1 aromatic rings. The lowest BCUT2D eigenvalue weighted by Gasteiger charge is -2.32. The summed E-state index contributed by atoms with van der Waals surface area (Å²) >= 11 is 0. The SMILES string of the molecule is COC(=O)c1cc(B2OC(C)(C)C(C)(C)O2)c(C#N)cc1C. The molecule has 0 saturated carbocycles. The molecule has 0 N–H and O–H groups in total. The van der Waals surface area contributed by atoms with Gasteiger partial charge in [0.2, 0.25) is 0 Å². The second-order valence-corrected chi connectivity index (χ2v) is 6.45. The number of rotatable bonds is 2. The van der Waals surface area contributed by atoms with Gasteiger partial charge in [-0.15, -0.1) is 0 Å². The number of carbonyl (C=O) groups excluding carboxylic acids is 1. The van der Waals surface area contributed by atoms with E-state index in [1.54, 1.807) is 19.1 Å². The van der Waals surface area contributed by atoms with Crippen LogP contribution in [0.5, 0.6) is 0 Å². The Hall–Kier alpha value is -1.84. The lowest BCUT2D eigenvalue weighted by atomic mass is 9.74. The summed E-state index contributed by atoms with van der Waals surface area (Å²) in [5.74, 6) is -0.445. The summed E-state index contributed by atoms with van der Waals surface area (Å²) in [6, 6.07) is 5.43. The zero-order valence-corrected chi connectivity index (χ0v) is 13.8. The van der Waals surface area contributed by atoms with Gasteiger partial charge in [0.05, 0.1) is 35.5 Å². The fraction of sp³-hybridized carbons (Fsp3) is 0.500. The molecular formula is C16H20BNO4. The van der Waals surface area contributed by atoms with E-state index >= 15 is 0 Å². The summed E-state index contributed by atoms with van der Waals surface area (Å²) in [4.78, 5) is 11.9. The molecule has 1 aliphatic heterocycles. The Morgan fingerprint density at radius 3 is 2.23 bits per heavy atom. The van der Waals surface area contributed by atoms with Gasteiger partial charge in [0.1, 0.15) is 0 Å². The van der Waals surface area contributed by atoms with Gasteiger partial charge in [-0.1, -0.05) is 0 Å². The predicted octanol–water partition coefficient (Wildman–Crippen LogP) is 1.95. The van der Waals surface area contributed by atoms with Crippen LogP contribution in [-0.4, -0.2) is 31.4 Å². The molecule has 5 nitrogen and oxygen atoms in total. The van der Waals surface area contributed by atoms with Crippen LogP contribution < -0.4 is 5.46 Å². The third-order valence-corrected chi connectivity index (χ3v) is 4.43. The largest absolute Gasteiger partial charge is 0.496 e. The summed E-state index contributed by atoms with van der Waals surface area (Å²) in [6.45, 7) is 9.52. The Labute approximate surface area is 131 Å². The van der Waals surface area contributed by atoms with Gasteiger partial charge in [-0.05, 0) is 52.3 Å². The molecule has 0 unspecified atom stereocenters. The van der Waals surface area contributed by atoms with E-state index < -0.39 is 24.3 Å². The molecule has 6 heteroatoms. The zero-order valence-electron chi connectivity index (χ0n) is 13.8. The minimum Gasteiger partial charge on any atom is -0.465 e. The van der Waals surface area contributed by atoms with Gasteiger partial charge in [-0.3, -0.25) is 0 Å². The van der Waals surface area contributed by atoms with Crippen molar-refractivity contribution < 1.29 is 18.8 Å². The first-order valence-corrected chi connectivity index (χ1v) is 7.11. The van der Waals surface area contributed by atoms with Gasteiger partial charge < -0.3 is 14.0 Å². The van der Waals surface area contributed by atoms with E-state index in [2.05, 4.69) is 6.07 Å². The number of hydrogen-bond donors (Lipinski definition) is 0. The maximum absolute atomic E-state index is 11.9. The number of methoxy groups -OCH3 is 1. The number of esters is 1. The molecule has 0 spiro atoms. The maximum Gasteiger partial charge on any atom is 0.496 e. The van der Waals surface area contributed by atoms with Crippen LogP contribution in [0.15, 0.2) is 12.1 Å². The average Bonchev–Trinajstić information content (AvgIpc) is 2.66. The van der Waals surface area contributed by atoms with Gasteiger partial charge in [-0.2, -0.15) is 5.26 Å². The van der Waals surface area contributed by atoms with Crippen molar-refractivity contribution in [1.82, 2.24) is 0 Å². The van der Waals surface area contributed by atoms with Gasteiger partial charge in [0, 0.05) is 5.46 Å². The van der Waals surface area contributed by atoms with Gasteiger partial charge in [0.15, 0.2) is 0 Å². The smallest absolute Gasteiger partial charge is 0.465 e. The van der Waals surface area contributed by atoms with Crippen LogP contribution in [0.3, 0.4) is 0 Å². The van der Waals surface area contributed by atoms with Crippen molar-refractivity contribution in [2.45, 2.75) is 45.8 Å². The summed E-state index contributed by atoms with van der Waals surface area (Å²) in [5, 5.41) is 9.37. The highest BCUT2D eigenvalue weighted by Gasteiger charge is 2.52. The number of benzene rings is 1. The molecule has 116 valence electrons. The Balaban J connectivity index is 2.52.